The van der Waals surface area contributed by atoms with Crippen molar-refractivity contribution in [2.24, 2.45) is 5.92 Å². The zero-order valence-corrected chi connectivity index (χ0v) is 7.30. The summed E-state index contributed by atoms with van der Waals surface area (Å²) in [6.07, 6.45) is 5.15. The van der Waals surface area contributed by atoms with E-state index >= 15 is 0 Å². The summed E-state index contributed by atoms with van der Waals surface area (Å²) in [6.45, 7) is 6.59. The Kier molecular flexibility index (Phi) is 7.23. The van der Waals surface area contributed by atoms with E-state index in [-0.39, 0.29) is 5.92 Å². The van der Waals surface area contributed by atoms with Crippen molar-refractivity contribution in [2.45, 2.75) is 13.8 Å². The van der Waals surface area contributed by atoms with Gasteiger partial charge in [0.25, 0.3) is 0 Å². The van der Waals surface area contributed by atoms with Crippen LogP contribution >= 0.6 is 0 Å². The zero-order chi connectivity index (χ0) is 8.53. The molecule has 1 atom stereocenters. The largest absolute Gasteiger partial charge is 0.379 e. The minimum Gasteiger partial charge on any atom is -0.379 e. The van der Waals surface area contributed by atoms with E-state index in [0.29, 0.717) is 19.8 Å². The first kappa shape index (κ1) is 10.5. The fourth-order valence-electron chi connectivity index (χ4n) is 0.570. The molecule has 0 aliphatic rings. The molecule has 0 saturated carbocycles. The van der Waals surface area contributed by atoms with Gasteiger partial charge in [-0.2, -0.15) is 0 Å². The zero-order valence-electron chi connectivity index (χ0n) is 7.30. The van der Waals surface area contributed by atoms with Crippen LogP contribution in [-0.4, -0.2) is 26.4 Å². The Hall–Kier alpha value is -0.520. The molecule has 0 amide bonds. The predicted octanol–water partition coefficient (Wildman–Crippen LogP) is 1.31. The average Bonchev–Trinajstić information content (AvgIpc) is 2.04. The molecule has 0 heterocycles. The molecule has 0 aliphatic carbocycles. The topological polar surface area (TPSA) is 18.5 Å². The molecule has 1 unspecified atom stereocenters. The average molecular weight is 156 g/mol. The van der Waals surface area contributed by atoms with Gasteiger partial charge in [0.2, 0.25) is 0 Å². The molecule has 0 N–H and O–H groups in total. The minimum absolute atomic E-state index is 0.205. The van der Waals surface area contributed by atoms with Crippen molar-refractivity contribution >= 4 is 0 Å². The maximum absolute atomic E-state index is 5.22. The van der Waals surface area contributed by atoms with Crippen LogP contribution in [0.5, 0.6) is 0 Å². The van der Waals surface area contributed by atoms with Crippen molar-refractivity contribution in [3.8, 4) is 12.3 Å². The van der Waals surface area contributed by atoms with Crippen LogP contribution in [0.3, 0.4) is 0 Å². The third kappa shape index (κ3) is 7.38. The summed E-state index contributed by atoms with van der Waals surface area (Å²) < 4.78 is 10.3. The lowest BCUT2D eigenvalue weighted by Crippen LogP contribution is -2.09. The van der Waals surface area contributed by atoms with E-state index < -0.39 is 0 Å². The molecule has 0 rings (SSSR count). The van der Waals surface area contributed by atoms with Gasteiger partial charge in [0, 0.05) is 12.5 Å². The second-order valence-corrected chi connectivity index (χ2v) is 2.34. The van der Waals surface area contributed by atoms with Gasteiger partial charge < -0.3 is 9.47 Å². The number of ether oxygens (including phenoxy) is 2. The van der Waals surface area contributed by atoms with Gasteiger partial charge in [-0.3, -0.25) is 0 Å². The molecule has 0 radical (unpaired) electrons. The summed E-state index contributed by atoms with van der Waals surface area (Å²) >= 11 is 0. The van der Waals surface area contributed by atoms with Gasteiger partial charge in [0.15, 0.2) is 0 Å². The molecule has 0 fully saturated rings. The highest BCUT2D eigenvalue weighted by molar-refractivity contribution is 4.89. The highest BCUT2D eigenvalue weighted by atomic mass is 16.5. The molecule has 0 aromatic carbocycles. The van der Waals surface area contributed by atoms with Gasteiger partial charge in [0.1, 0.15) is 0 Å². The molecule has 0 spiro atoms. The minimum atomic E-state index is 0.205. The van der Waals surface area contributed by atoms with E-state index in [0.717, 1.165) is 6.61 Å². The number of hydrogen-bond acceptors (Lipinski definition) is 2. The SMILES string of the molecule is C#CC(C)COCCOCC. The van der Waals surface area contributed by atoms with E-state index in [2.05, 4.69) is 5.92 Å². The second-order valence-electron chi connectivity index (χ2n) is 2.34. The molecule has 0 aromatic rings. The standard InChI is InChI=1S/C9H16O2/c1-4-9(3)8-11-7-6-10-5-2/h1,9H,5-8H2,2-3H3. The quantitative estimate of drug-likeness (QED) is 0.426. The Bertz CT molecular complexity index is 115. The summed E-state index contributed by atoms with van der Waals surface area (Å²) in [5.41, 5.74) is 0. The van der Waals surface area contributed by atoms with E-state index in [1.165, 1.54) is 0 Å². The van der Waals surface area contributed by atoms with Gasteiger partial charge in [-0.25, -0.2) is 0 Å². The van der Waals surface area contributed by atoms with Crippen LogP contribution in [0.2, 0.25) is 0 Å². The number of terminal acetylenes is 1. The smallest absolute Gasteiger partial charge is 0.0701 e. The monoisotopic (exact) mass is 156 g/mol. The molecule has 0 aliphatic heterocycles. The van der Waals surface area contributed by atoms with E-state index in [4.69, 9.17) is 15.9 Å². The van der Waals surface area contributed by atoms with Gasteiger partial charge >= 0.3 is 0 Å². The first-order valence-electron chi connectivity index (χ1n) is 3.92. The molecule has 2 nitrogen and oxygen atoms in total. The maximum atomic E-state index is 5.22. The first-order valence-corrected chi connectivity index (χ1v) is 3.92. The highest BCUT2D eigenvalue weighted by Crippen LogP contribution is 1.91. The number of rotatable bonds is 6. The summed E-state index contributed by atoms with van der Waals surface area (Å²) in [5, 5.41) is 0. The Morgan fingerprint density at radius 2 is 2.00 bits per heavy atom. The van der Waals surface area contributed by atoms with E-state index in [9.17, 15) is 0 Å². The molecule has 0 saturated heterocycles. The fraction of sp³-hybridized carbons (Fsp3) is 0.778. The molecule has 0 bridgehead atoms. The van der Waals surface area contributed by atoms with Crippen LogP contribution in [0, 0.1) is 18.3 Å². The second kappa shape index (κ2) is 7.59. The van der Waals surface area contributed by atoms with Crippen LogP contribution in [-0.2, 0) is 9.47 Å². The molecule has 11 heavy (non-hydrogen) atoms. The third-order valence-electron chi connectivity index (χ3n) is 1.23. The highest BCUT2D eigenvalue weighted by Gasteiger charge is 1.95. The Morgan fingerprint density at radius 3 is 2.55 bits per heavy atom. The summed E-state index contributed by atoms with van der Waals surface area (Å²) in [5.74, 6) is 2.80. The van der Waals surface area contributed by atoms with Crippen LogP contribution < -0.4 is 0 Å². The fourth-order valence-corrected chi connectivity index (χ4v) is 0.570. The van der Waals surface area contributed by atoms with Crippen LogP contribution in [0.15, 0.2) is 0 Å². The van der Waals surface area contributed by atoms with E-state index in [1.807, 2.05) is 13.8 Å². The lowest BCUT2D eigenvalue weighted by atomic mass is 10.2. The molecular weight excluding hydrogens is 140 g/mol. The van der Waals surface area contributed by atoms with E-state index in [1.54, 1.807) is 0 Å². The summed E-state index contributed by atoms with van der Waals surface area (Å²) in [6, 6.07) is 0. The first-order chi connectivity index (χ1) is 5.31. The molecule has 64 valence electrons. The lowest BCUT2D eigenvalue weighted by molar-refractivity contribution is 0.0462. The molecular formula is C9H16O2. The van der Waals surface area contributed by atoms with Crippen molar-refractivity contribution in [3.63, 3.8) is 0 Å². The third-order valence-corrected chi connectivity index (χ3v) is 1.23. The Balaban J connectivity index is 2.97. The lowest BCUT2D eigenvalue weighted by Gasteiger charge is -2.05. The summed E-state index contributed by atoms with van der Waals surface area (Å²) in [7, 11) is 0. The van der Waals surface area contributed by atoms with Gasteiger partial charge in [-0.15, -0.1) is 12.3 Å². The van der Waals surface area contributed by atoms with Gasteiger partial charge in [-0.05, 0) is 13.8 Å². The Morgan fingerprint density at radius 1 is 1.36 bits per heavy atom. The molecule has 2 heteroatoms. The predicted molar refractivity (Wildman–Crippen MR) is 45.3 cm³/mol. The van der Waals surface area contributed by atoms with Crippen molar-refractivity contribution in [1.82, 2.24) is 0 Å². The van der Waals surface area contributed by atoms with Crippen molar-refractivity contribution in [3.05, 3.63) is 0 Å². The van der Waals surface area contributed by atoms with Crippen LogP contribution in [0.1, 0.15) is 13.8 Å². The van der Waals surface area contributed by atoms with Crippen LogP contribution in [0.4, 0.5) is 0 Å². The van der Waals surface area contributed by atoms with Gasteiger partial charge in [-0.1, -0.05) is 0 Å². The van der Waals surface area contributed by atoms with Crippen molar-refractivity contribution < 1.29 is 9.47 Å². The van der Waals surface area contributed by atoms with Crippen LogP contribution in [0.25, 0.3) is 0 Å². The summed E-state index contributed by atoms with van der Waals surface area (Å²) in [4.78, 5) is 0. The maximum Gasteiger partial charge on any atom is 0.0701 e. The van der Waals surface area contributed by atoms with Crippen molar-refractivity contribution in [2.75, 3.05) is 26.4 Å². The Labute approximate surface area is 68.9 Å². The number of hydrogen-bond donors (Lipinski definition) is 0. The molecule has 0 aromatic heterocycles. The van der Waals surface area contributed by atoms with Gasteiger partial charge in [0.05, 0.1) is 19.8 Å². The van der Waals surface area contributed by atoms with Crippen molar-refractivity contribution in [1.29, 1.82) is 0 Å². The normalized spacial score (nSPS) is 12.5.